The summed E-state index contributed by atoms with van der Waals surface area (Å²) in [6, 6.07) is 13.5. The molecule has 0 bridgehead atoms. The minimum absolute atomic E-state index is 0.0641. The lowest BCUT2D eigenvalue weighted by atomic mass is 10.0. The third-order valence-corrected chi connectivity index (χ3v) is 4.99. The third kappa shape index (κ3) is 6.89. The second kappa shape index (κ2) is 10.3. The van der Waals surface area contributed by atoms with Crippen LogP contribution < -0.4 is 10.6 Å². The number of nitrogens with zero attached hydrogens (tertiary/aromatic N) is 2. The molecule has 35 heavy (non-hydrogen) atoms. The molecule has 2 N–H and O–H groups in total. The molecule has 9 heteroatoms. The minimum Gasteiger partial charge on any atom is -0.443 e. The molecule has 0 saturated carbocycles. The molecule has 0 fully saturated rings. The van der Waals surface area contributed by atoms with Crippen LogP contribution in [0, 0.1) is 0 Å². The molecule has 0 aliphatic heterocycles. The number of hydrogen-bond acceptors (Lipinski definition) is 5. The Labute approximate surface area is 201 Å². The summed E-state index contributed by atoms with van der Waals surface area (Å²) in [5.74, 6) is -0.740. The predicted molar refractivity (Wildman–Crippen MR) is 127 cm³/mol. The molecule has 3 aromatic rings. The molecule has 3 rings (SSSR count). The smallest absolute Gasteiger partial charge is 0.421 e. The van der Waals surface area contributed by atoms with Gasteiger partial charge in [-0.05, 0) is 80.3 Å². The zero-order valence-electron chi connectivity index (χ0n) is 19.5. The van der Waals surface area contributed by atoms with Crippen LogP contribution in [0.2, 0.25) is 0 Å². The van der Waals surface area contributed by atoms with Gasteiger partial charge in [0.25, 0.3) is 5.91 Å². The van der Waals surface area contributed by atoms with Crippen molar-refractivity contribution < 1.29 is 27.5 Å². The minimum atomic E-state index is -4.47. The first kappa shape index (κ1) is 25.9. The van der Waals surface area contributed by atoms with E-state index in [4.69, 9.17) is 10.5 Å². The van der Waals surface area contributed by atoms with E-state index in [0.717, 1.165) is 28.2 Å². The molecule has 6 nitrogen and oxygen atoms in total. The Kier molecular flexibility index (Phi) is 7.60. The van der Waals surface area contributed by atoms with E-state index in [9.17, 15) is 22.8 Å². The summed E-state index contributed by atoms with van der Waals surface area (Å²) in [6.07, 6.45) is -2.13. The van der Waals surface area contributed by atoms with Crippen molar-refractivity contribution in [2.24, 2.45) is 5.73 Å². The number of nitrogens with two attached hydrogens (primary N) is 1. The molecule has 2 amide bonds. The van der Waals surface area contributed by atoms with E-state index in [-0.39, 0.29) is 12.1 Å². The van der Waals surface area contributed by atoms with Crippen LogP contribution in [0.15, 0.2) is 73.1 Å². The summed E-state index contributed by atoms with van der Waals surface area (Å²) in [7, 11) is 0. The van der Waals surface area contributed by atoms with Crippen molar-refractivity contribution >= 4 is 17.7 Å². The van der Waals surface area contributed by atoms with E-state index in [1.54, 1.807) is 57.4 Å². The molecular formula is C26H26F3N3O3. The van der Waals surface area contributed by atoms with E-state index in [1.807, 2.05) is 12.1 Å². The quantitative estimate of drug-likeness (QED) is 0.508. The van der Waals surface area contributed by atoms with Gasteiger partial charge in [-0.25, -0.2) is 9.69 Å². The number of hydrogen-bond donors (Lipinski definition) is 1. The van der Waals surface area contributed by atoms with Crippen LogP contribution in [-0.4, -0.2) is 28.6 Å². The maximum absolute atomic E-state index is 13.3. The third-order valence-electron chi connectivity index (χ3n) is 4.99. The average Bonchev–Trinajstić information content (AvgIpc) is 2.79. The summed E-state index contributed by atoms with van der Waals surface area (Å²) in [6.45, 7) is 5.01. The molecule has 1 aromatic heterocycles. The number of benzene rings is 2. The molecular weight excluding hydrogens is 459 g/mol. The van der Waals surface area contributed by atoms with Crippen molar-refractivity contribution in [2.45, 2.75) is 45.0 Å². The maximum atomic E-state index is 13.3. The Balaban J connectivity index is 1.86. The normalized spacial score (nSPS) is 12.7. The van der Waals surface area contributed by atoms with Crippen molar-refractivity contribution in [3.8, 4) is 11.1 Å². The molecule has 0 spiro atoms. The Morgan fingerprint density at radius 1 is 0.914 bits per heavy atom. The number of halogens is 3. The molecule has 0 saturated heterocycles. The van der Waals surface area contributed by atoms with E-state index >= 15 is 0 Å². The first-order valence-corrected chi connectivity index (χ1v) is 10.8. The maximum Gasteiger partial charge on any atom is 0.421 e. The first-order valence-electron chi connectivity index (χ1n) is 10.8. The fourth-order valence-corrected chi connectivity index (χ4v) is 3.31. The van der Waals surface area contributed by atoms with Crippen LogP contribution in [0.1, 0.15) is 31.9 Å². The second-order valence-corrected chi connectivity index (χ2v) is 8.94. The van der Waals surface area contributed by atoms with Gasteiger partial charge in [0.1, 0.15) is 5.60 Å². The van der Waals surface area contributed by atoms with Gasteiger partial charge in [-0.15, -0.1) is 0 Å². The lowest BCUT2D eigenvalue weighted by Gasteiger charge is -2.28. The average molecular weight is 486 g/mol. The van der Waals surface area contributed by atoms with Crippen molar-refractivity contribution in [1.82, 2.24) is 4.98 Å². The number of rotatable bonds is 5. The topological polar surface area (TPSA) is 85.5 Å². The second-order valence-electron chi connectivity index (χ2n) is 8.94. The van der Waals surface area contributed by atoms with Gasteiger partial charge in [0.05, 0.1) is 17.3 Å². The van der Waals surface area contributed by atoms with Crippen LogP contribution in [0.25, 0.3) is 11.1 Å². The Hall–Kier alpha value is -3.72. The molecule has 2 aromatic carbocycles. The highest BCUT2D eigenvalue weighted by molar-refractivity contribution is 6.14. The zero-order valence-corrected chi connectivity index (χ0v) is 19.5. The number of aromatic nitrogens is 1. The van der Waals surface area contributed by atoms with Crippen molar-refractivity contribution in [3.63, 3.8) is 0 Å². The van der Waals surface area contributed by atoms with Crippen molar-refractivity contribution in [2.75, 3.05) is 4.90 Å². The number of anilines is 1. The number of ether oxygens (including phenoxy) is 1. The number of amides is 2. The number of carbonyl (C=O) groups is 2. The molecule has 184 valence electrons. The van der Waals surface area contributed by atoms with Crippen molar-refractivity contribution in [3.05, 3.63) is 84.2 Å². The highest BCUT2D eigenvalue weighted by Crippen LogP contribution is 2.29. The number of imide groups is 1. The number of pyridine rings is 1. The molecule has 1 heterocycles. The molecule has 1 atom stereocenters. The largest absolute Gasteiger partial charge is 0.443 e. The standard InChI is InChI=1S/C26H26F3N3O3/c1-25(2,3)35-24(34)32(21-10-6-18(7-11-21)19-12-14-31-15-13-19)23(33)22(30)16-17-4-8-20(9-5-17)26(27,28)29/h4-15,22H,16,30H2,1-3H3/t22-/m1/s1. The Morgan fingerprint density at radius 3 is 1.97 bits per heavy atom. The van der Waals surface area contributed by atoms with Gasteiger partial charge >= 0.3 is 12.3 Å². The fraction of sp³-hybridized carbons (Fsp3) is 0.269. The van der Waals surface area contributed by atoms with Gasteiger partial charge in [0, 0.05) is 12.4 Å². The van der Waals surface area contributed by atoms with Gasteiger partial charge in [-0.1, -0.05) is 24.3 Å². The molecule has 0 radical (unpaired) electrons. The summed E-state index contributed by atoms with van der Waals surface area (Å²) in [5, 5.41) is 0. The van der Waals surface area contributed by atoms with Crippen molar-refractivity contribution in [1.29, 1.82) is 0 Å². The molecule has 0 aliphatic rings. The van der Waals surface area contributed by atoms with Gasteiger partial charge in [-0.2, -0.15) is 13.2 Å². The van der Waals surface area contributed by atoms with Gasteiger partial charge in [-0.3, -0.25) is 9.78 Å². The van der Waals surface area contributed by atoms with Crippen LogP contribution >= 0.6 is 0 Å². The molecule has 0 unspecified atom stereocenters. The SMILES string of the molecule is CC(C)(C)OC(=O)N(C(=O)[C@H](N)Cc1ccc(C(F)(F)F)cc1)c1ccc(-c2ccncc2)cc1. The summed E-state index contributed by atoms with van der Waals surface area (Å²) < 4.78 is 43.9. The summed E-state index contributed by atoms with van der Waals surface area (Å²) >= 11 is 0. The van der Waals surface area contributed by atoms with E-state index in [1.165, 1.54) is 12.1 Å². The summed E-state index contributed by atoms with van der Waals surface area (Å²) in [5.41, 5.74) is 6.87. The van der Waals surface area contributed by atoms with E-state index in [0.29, 0.717) is 5.56 Å². The van der Waals surface area contributed by atoms with E-state index in [2.05, 4.69) is 4.98 Å². The number of carbonyl (C=O) groups excluding carboxylic acids is 2. The van der Waals surface area contributed by atoms with Crippen LogP contribution in [-0.2, 0) is 22.1 Å². The highest BCUT2D eigenvalue weighted by Gasteiger charge is 2.33. The van der Waals surface area contributed by atoms with Gasteiger partial charge in [0.2, 0.25) is 0 Å². The first-order chi connectivity index (χ1) is 16.3. The van der Waals surface area contributed by atoms with Crippen LogP contribution in [0.5, 0.6) is 0 Å². The Bertz CT molecular complexity index is 1160. The fourth-order valence-electron chi connectivity index (χ4n) is 3.31. The lowest BCUT2D eigenvalue weighted by molar-refractivity contribution is -0.137. The Morgan fingerprint density at radius 2 is 1.46 bits per heavy atom. The zero-order chi connectivity index (χ0) is 25.8. The monoisotopic (exact) mass is 485 g/mol. The highest BCUT2D eigenvalue weighted by atomic mass is 19.4. The number of alkyl halides is 3. The summed E-state index contributed by atoms with van der Waals surface area (Å²) in [4.78, 5) is 31.1. The van der Waals surface area contributed by atoms with E-state index < -0.39 is 35.4 Å². The van der Waals surface area contributed by atoms with Crippen LogP contribution in [0.3, 0.4) is 0 Å². The lowest BCUT2D eigenvalue weighted by Crippen LogP contribution is -2.49. The predicted octanol–water partition coefficient (Wildman–Crippen LogP) is 5.61. The molecule has 0 aliphatic carbocycles. The van der Waals surface area contributed by atoms with Gasteiger partial charge in [0.15, 0.2) is 0 Å². The van der Waals surface area contributed by atoms with Gasteiger partial charge < -0.3 is 10.5 Å². The van der Waals surface area contributed by atoms with Crippen LogP contribution in [0.4, 0.5) is 23.7 Å².